The molecule has 3 aromatic rings. The minimum atomic E-state index is -3.96. The van der Waals surface area contributed by atoms with Crippen LogP contribution in [0.25, 0.3) is 0 Å². The van der Waals surface area contributed by atoms with Gasteiger partial charge in [-0.25, -0.2) is 12.8 Å². The molecule has 1 aliphatic carbocycles. The summed E-state index contributed by atoms with van der Waals surface area (Å²) in [5.74, 6) is -1.20. The number of hydrogen-bond acceptors (Lipinski definition) is 5. The van der Waals surface area contributed by atoms with E-state index in [0.29, 0.717) is 12.4 Å². The van der Waals surface area contributed by atoms with Gasteiger partial charge in [0.15, 0.2) is 0 Å². The van der Waals surface area contributed by atoms with Crippen molar-refractivity contribution in [3.05, 3.63) is 95.8 Å². The van der Waals surface area contributed by atoms with E-state index in [1.165, 1.54) is 11.0 Å². The van der Waals surface area contributed by atoms with Crippen molar-refractivity contribution in [3.8, 4) is 5.75 Å². The predicted molar refractivity (Wildman–Crippen MR) is 166 cm³/mol. The van der Waals surface area contributed by atoms with Crippen LogP contribution < -0.4 is 14.4 Å². The maximum absolute atomic E-state index is 15.0. The van der Waals surface area contributed by atoms with Crippen LogP contribution in [-0.2, 0) is 32.6 Å². The zero-order chi connectivity index (χ0) is 30.8. The summed E-state index contributed by atoms with van der Waals surface area (Å²) >= 11 is 0. The molecule has 0 spiro atoms. The van der Waals surface area contributed by atoms with Gasteiger partial charge in [-0.1, -0.05) is 79.9 Å². The number of benzene rings is 3. The number of carbonyl (C=O) groups excluding carboxylic acids is 2. The lowest BCUT2D eigenvalue weighted by atomic mass is 9.94. The number of para-hydroxylation sites is 2. The molecule has 1 N–H and O–H groups in total. The SMILES string of the molecule is CCOc1ccccc1N(CC(=O)N(Cc1ccccc1F)[C@H](Cc1ccccc1)C(=O)NC1CCCCC1)S(C)(=O)=O. The molecule has 230 valence electrons. The number of amides is 2. The van der Waals surface area contributed by atoms with Crippen LogP contribution in [0.1, 0.15) is 50.2 Å². The fraction of sp³-hybridized carbons (Fsp3) is 0.394. The number of ether oxygens (including phenoxy) is 1. The lowest BCUT2D eigenvalue weighted by Gasteiger charge is -2.35. The van der Waals surface area contributed by atoms with Crippen molar-refractivity contribution >= 4 is 27.5 Å². The molecule has 1 aliphatic rings. The lowest BCUT2D eigenvalue weighted by Crippen LogP contribution is -2.55. The molecule has 0 aliphatic heterocycles. The van der Waals surface area contributed by atoms with Crippen molar-refractivity contribution in [1.82, 2.24) is 10.2 Å². The van der Waals surface area contributed by atoms with Gasteiger partial charge in [-0.2, -0.15) is 0 Å². The van der Waals surface area contributed by atoms with E-state index >= 15 is 0 Å². The van der Waals surface area contributed by atoms with Crippen LogP contribution >= 0.6 is 0 Å². The van der Waals surface area contributed by atoms with Gasteiger partial charge in [0.25, 0.3) is 0 Å². The Kier molecular flexibility index (Phi) is 11.2. The quantitative estimate of drug-likeness (QED) is 0.292. The number of anilines is 1. The largest absolute Gasteiger partial charge is 0.492 e. The summed E-state index contributed by atoms with van der Waals surface area (Å²) < 4.78 is 47.8. The Hall–Kier alpha value is -3.92. The number of halogens is 1. The average molecular weight is 610 g/mol. The van der Waals surface area contributed by atoms with Gasteiger partial charge in [0, 0.05) is 24.6 Å². The molecule has 1 saturated carbocycles. The fourth-order valence-electron chi connectivity index (χ4n) is 5.44. The van der Waals surface area contributed by atoms with Gasteiger partial charge in [0.2, 0.25) is 21.8 Å². The Morgan fingerprint density at radius 1 is 0.953 bits per heavy atom. The molecule has 1 atom stereocenters. The molecule has 8 nitrogen and oxygen atoms in total. The third-order valence-corrected chi connectivity index (χ3v) is 8.76. The van der Waals surface area contributed by atoms with Crippen molar-refractivity contribution in [2.24, 2.45) is 0 Å². The van der Waals surface area contributed by atoms with Crippen LogP contribution in [0.2, 0.25) is 0 Å². The number of nitrogens with zero attached hydrogens (tertiary/aromatic N) is 2. The van der Waals surface area contributed by atoms with Gasteiger partial charge in [-0.3, -0.25) is 13.9 Å². The molecule has 43 heavy (non-hydrogen) atoms. The maximum Gasteiger partial charge on any atom is 0.244 e. The first-order chi connectivity index (χ1) is 20.7. The third kappa shape index (κ3) is 8.79. The molecular weight excluding hydrogens is 569 g/mol. The fourth-order valence-corrected chi connectivity index (χ4v) is 6.30. The molecule has 0 aromatic heterocycles. The normalized spacial score (nSPS) is 14.5. The van der Waals surface area contributed by atoms with Crippen molar-refractivity contribution in [1.29, 1.82) is 0 Å². The second-order valence-corrected chi connectivity index (χ2v) is 12.7. The van der Waals surface area contributed by atoms with E-state index in [4.69, 9.17) is 4.74 Å². The van der Waals surface area contributed by atoms with Crippen molar-refractivity contribution in [2.45, 2.75) is 64.1 Å². The first-order valence-electron chi connectivity index (χ1n) is 14.7. The topological polar surface area (TPSA) is 96.0 Å². The third-order valence-electron chi connectivity index (χ3n) is 7.63. The number of sulfonamides is 1. The summed E-state index contributed by atoms with van der Waals surface area (Å²) in [7, 11) is -3.96. The van der Waals surface area contributed by atoms with Crippen molar-refractivity contribution in [2.75, 3.05) is 23.7 Å². The highest BCUT2D eigenvalue weighted by Gasteiger charge is 2.35. The summed E-state index contributed by atoms with van der Waals surface area (Å²) in [4.78, 5) is 29.6. The van der Waals surface area contributed by atoms with E-state index in [9.17, 15) is 22.4 Å². The van der Waals surface area contributed by atoms with E-state index < -0.39 is 34.3 Å². The molecule has 0 heterocycles. The van der Waals surface area contributed by atoms with Gasteiger partial charge in [-0.15, -0.1) is 0 Å². The van der Waals surface area contributed by atoms with Crippen LogP contribution in [-0.4, -0.2) is 56.6 Å². The van der Waals surface area contributed by atoms with Gasteiger partial charge in [-0.05, 0) is 43.5 Å². The van der Waals surface area contributed by atoms with Crippen molar-refractivity contribution < 1.29 is 27.1 Å². The first-order valence-corrected chi connectivity index (χ1v) is 16.6. The number of nitrogens with one attached hydrogen (secondary N) is 1. The minimum absolute atomic E-state index is 0.0180. The maximum atomic E-state index is 15.0. The molecule has 0 radical (unpaired) electrons. The van der Waals surface area contributed by atoms with E-state index in [1.807, 2.05) is 30.3 Å². The molecule has 0 bridgehead atoms. The average Bonchev–Trinajstić information content (AvgIpc) is 2.99. The molecule has 2 amide bonds. The number of carbonyl (C=O) groups is 2. The highest BCUT2D eigenvalue weighted by molar-refractivity contribution is 7.92. The standard InChI is InChI=1S/C33H40FN3O5S/c1-3-42-31-21-13-12-20-29(31)37(43(2,40)41)24-32(38)36(23-26-16-10-11-19-28(26)34)30(22-25-14-6-4-7-15-25)33(39)35-27-17-8-5-9-18-27/h4,6-7,10-16,19-21,27,30H,3,5,8-9,17-18,22-24H2,1-2H3,(H,35,39)/t30-/m1/s1. The van der Waals surface area contributed by atoms with Crippen LogP contribution in [0.5, 0.6) is 5.75 Å². The van der Waals surface area contributed by atoms with Gasteiger partial charge >= 0.3 is 0 Å². The van der Waals surface area contributed by atoms with Crippen LogP contribution in [0.4, 0.5) is 10.1 Å². The molecule has 4 rings (SSSR count). The van der Waals surface area contributed by atoms with Crippen LogP contribution in [0.15, 0.2) is 78.9 Å². The molecule has 3 aromatic carbocycles. The molecular formula is C33H40FN3O5S. The Labute approximate surface area is 253 Å². The summed E-state index contributed by atoms with van der Waals surface area (Å²) in [6, 6.07) is 20.9. The van der Waals surface area contributed by atoms with Crippen LogP contribution in [0, 0.1) is 5.82 Å². The van der Waals surface area contributed by atoms with Gasteiger partial charge < -0.3 is 15.0 Å². The zero-order valence-electron chi connectivity index (χ0n) is 24.7. The summed E-state index contributed by atoms with van der Waals surface area (Å²) in [6.07, 6.45) is 6.02. The van der Waals surface area contributed by atoms with Gasteiger partial charge in [0.05, 0.1) is 18.6 Å². The van der Waals surface area contributed by atoms with E-state index in [1.54, 1.807) is 49.4 Å². The predicted octanol–water partition coefficient (Wildman–Crippen LogP) is 5.08. The highest BCUT2D eigenvalue weighted by atomic mass is 32.2. The Morgan fingerprint density at radius 2 is 1.60 bits per heavy atom. The minimum Gasteiger partial charge on any atom is -0.492 e. The Balaban J connectivity index is 1.75. The Bertz CT molecular complexity index is 1480. The lowest BCUT2D eigenvalue weighted by molar-refractivity contribution is -0.140. The highest BCUT2D eigenvalue weighted by Crippen LogP contribution is 2.30. The monoisotopic (exact) mass is 609 g/mol. The van der Waals surface area contributed by atoms with E-state index in [0.717, 1.165) is 48.2 Å². The summed E-state index contributed by atoms with van der Waals surface area (Å²) in [5, 5.41) is 3.14. The number of rotatable bonds is 13. The van der Waals surface area contributed by atoms with Crippen LogP contribution in [0.3, 0.4) is 0 Å². The smallest absolute Gasteiger partial charge is 0.244 e. The zero-order valence-corrected chi connectivity index (χ0v) is 25.6. The van der Waals surface area contributed by atoms with E-state index in [2.05, 4.69) is 5.32 Å². The number of hydrogen-bond donors (Lipinski definition) is 1. The second-order valence-electron chi connectivity index (χ2n) is 10.8. The molecule has 10 heteroatoms. The second kappa shape index (κ2) is 15.0. The van der Waals surface area contributed by atoms with Crippen molar-refractivity contribution in [3.63, 3.8) is 0 Å². The summed E-state index contributed by atoms with van der Waals surface area (Å²) in [6.45, 7) is 1.26. The molecule has 0 saturated heterocycles. The Morgan fingerprint density at radius 3 is 2.28 bits per heavy atom. The summed E-state index contributed by atoms with van der Waals surface area (Å²) in [5.41, 5.74) is 1.25. The molecule has 0 unspecified atom stereocenters. The first kappa shape index (κ1) is 32.0. The van der Waals surface area contributed by atoms with E-state index in [-0.39, 0.29) is 36.2 Å². The van der Waals surface area contributed by atoms with Gasteiger partial charge in [0.1, 0.15) is 24.2 Å². The molecule has 1 fully saturated rings.